The number of aryl methyl sites for hydroxylation is 1. The van der Waals surface area contributed by atoms with E-state index >= 15 is 0 Å². The third-order valence-corrected chi connectivity index (χ3v) is 3.75. The van der Waals surface area contributed by atoms with Crippen LogP contribution in [0.15, 0.2) is 36.4 Å². The predicted octanol–water partition coefficient (Wildman–Crippen LogP) is 3.19. The number of carbonyl (C=O) groups is 1. The monoisotopic (exact) mass is 270 g/mol. The number of fused-ring (bicyclic) bond motifs is 1. The summed E-state index contributed by atoms with van der Waals surface area (Å²) in [5, 5.41) is 2.45. The highest BCUT2D eigenvalue weighted by Crippen LogP contribution is 2.29. The maximum absolute atomic E-state index is 10.7. The maximum atomic E-state index is 10.7. The van der Waals surface area contributed by atoms with E-state index < -0.39 is 0 Å². The summed E-state index contributed by atoms with van der Waals surface area (Å²) in [6.07, 6.45) is 3.06. The molecule has 1 atom stereocenters. The molecule has 0 aliphatic carbocycles. The van der Waals surface area contributed by atoms with Crippen LogP contribution in [0.3, 0.4) is 0 Å². The topological polar surface area (TPSA) is 69.1 Å². The first kappa shape index (κ1) is 14.5. The van der Waals surface area contributed by atoms with Crippen LogP contribution in [0.2, 0.25) is 0 Å². The highest BCUT2D eigenvalue weighted by atomic mass is 16.1. The third kappa shape index (κ3) is 3.36. The van der Waals surface area contributed by atoms with E-state index in [9.17, 15) is 4.79 Å². The molecular weight excluding hydrogens is 248 g/mol. The second kappa shape index (κ2) is 6.53. The molecule has 1 unspecified atom stereocenters. The van der Waals surface area contributed by atoms with E-state index in [4.69, 9.17) is 11.5 Å². The van der Waals surface area contributed by atoms with Crippen LogP contribution in [-0.2, 0) is 4.79 Å². The van der Waals surface area contributed by atoms with Gasteiger partial charge in [-0.1, -0.05) is 42.8 Å². The SMILES string of the molecule is Cc1ccc2ccccc2c1C(N)CCCCC(N)=O. The zero-order chi connectivity index (χ0) is 14.5. The average molecular weight is 270 g/mol. The molecule has 0 spiro atoms. The largest absolute Gasteiger partial charge is 0.370 e. The van der Waals surface area contributed by atoms with Gasteiger partial charge in [0.1, 0.15) is 0 Å². The van der Waals surface area contributed by atoms with Crippen LogP contribution in [0, 0.1) is 6.92 Å². The van der Waals surface area contributed by atoms with Crippen molar-refractivity contribution < 1.29 is 4.79 Å². The highest BCUT2D eigenvalue weighted by Gasteiger charge is 2.12. The molecule has 0 aliphatic heterocycles. The number of hydrogen-bond acceptors (Lipinski definition) is 2. The summed E-state index contributed by atoms with van der Waals surface area (Å²) < 4.78 is 0. The summed E-state index contributed by atoms with van der Waals surface area (Å²) in [5.74, 6) is -0.236. The first-order valence-corrected chi connectivity index (χ1v) is 7.11. The summed E-state index contributed by atoms with van der Waals surface area (Å²) >= 11 is 0. The van der Waals surface area contributed by atoms with E-state index in [1.165, 1.54) is 21.9 Å². The molecule has 0 fully saturated rings. The Morgan fingerprint density at radius 1 is 1.15 bits per heavy atom. The standard InChI is InChI=1S/C17H22N2O/c1-12-10-11-13-6-2-3-7-14(13)17(12)15(18)8-4-5-9-16(19)20/h2-3,6-7,10-11,15H,4-5,8-9,18H2,1H3,(H2,19,20). The van der Waals surface area contributed by atoms with Gasteiger partial charge in [0.05, 0.1) is 0 Å². The lowest BCUT2D eigenvalue weighted by molar-refractivity contribution is -0.118. The third-order valence-electron chi connectivity index (χ3n) is 3.75. The summed E-state index contributed by atoms with van der Waals surface area (Å²) in [7, 11) is 0. The van der Waals surface area contributed by atoms with Crippen molar-refractivity contribution in [2.75, 3.05) is 0 Å². The molecule has 4 N–H and O–H groups in total. The molecule has 0 saturated carbocycles. The molecule has 3 nitrogen and oxygen atoms in total. The van der Waals surface area contributed by atoms with Crippen LogP contribution in [-0.4, -0.2) is 5.91 Å². The molecule has 1 amide bonds. The van der Waals surface area contributed by atoms with Gasteiger partial charge in [0.2, 0.25) is 5.91 Å². The highest BCUT2D eigenvalue weighted by molar-refractivity contribution is 5.87. The number of primary amides is 1. The Morgan fingerprint density at radius 3 is 2.65 bits per heavy atom. The van der Waals surface area contributed by atoms with Gasteiger partial charge >= 0.3 is 0 Å². The predicted molar refractivity (Wildman–Crippen MR) is 83.3 cm³/mol. The minimum absolute atomic E-state index is 0.00831. The molecule has 0 heterocycles. The van der Waals surface area contributed by atoms with Gasteiger partial charge in [-0.25, -0.2) is 0 Å². The quantitative estimate of drug-likeness (QED) is 0.791. The van der Waals surface area contributed by atoms with E-state index in [1.807, 2.05) is 12.1 Å². The Kier molecular flexibility index (Phi) is 4.74. The van der Waals surface area contributed by atoms with Gasteiger partial charge in [0.25, 0.3) is 0 Å². The van der Waals surface area contributed by atoms with E-state index in [0.29, 0.717) is 6.42 Å². The molecule has 2 aromatic rings. The average Bonchev–Trinajstić information content (AvgIpc) is 2.43. The minimum Gasteiger partial charge on any atom is -0.370 e. The van der Waals surface area contributed by atoms with Crippen molar-refractivity contribution in [3.8, 4) is 0 Å². The fourth-order valence-corrected chi connectivity index (χ4v) is 2.70. The van der Waals surface area contributed by atoms with Gasteiger partial charge in [-0.3, -0.25) is 4.79 Å². The number of benzene rings is 2. The molecule has 0 radical (unpaired) electrons. The van der Waals surface area contributed by atoms with Crippen LogP contribution in [0.1, 0.15) is 42.9 Å². The molecule has 0 bridgehead atoms. The second-order valence-corrected chi connectivity index (χ2v) is 5.34. The molecule has 0 aliphatic rings. The van der Waals surface area contributed by atoms with Crippen LogP contribution in [0.25, 0.3) is 10.8 Å². The number of hydrogen-bond donors (Lipinski definition) is 2. The number of amides is 1. The summed E-state index contributed by atoms with van der Waals surface area (Å²) in [5.41, 5.74) is 14.0. The molecule has 2 rings (SSSR count). The van der Waals surface area contributed by atoms with Gasteiger partial charge in [-0.15, -0.1) is 0 Å². The Balaban J connectivity index is 2.15. The maximum Gasteiger partial charge on any atom is 0.217 e. The Morgan fingerprint density at radius 2 is 1.90 bits per heavy atom. The smallest absolute Gasteiger partial charge is 0.217 e. The van der Waals surface area contributed by atoms with Crippen LogP contribution in [0.5, 0.6) is 0 Å². The van der Waals surface area contributed by atoms with E-state index in [1.54, 1.807) is 0 Å². The van der Waals surface area contributed by atoms with Crippen molar-refractivity contribution >= 4 is 16.7 Å². The first-order chi connectivity index (χ1) is 9.59. The molecule has 2 aromatic carbocycles. The van der Waals surface area contributed by atoms with Crippen molar-refractivity contribution in [3.05, 3.63) is 47.5 Å². The Bertz CT molecular complexity index is 607. The van der Waals surface area contributed by atoms with Gasteiger partial charge in [0.15, 0.2) is 0 Å². The molecule has 0 aromatic heterocycles. The summed E-state index contributed by atoms with van der Waals surface area (Å²) in [6, 6.07) is 12.6. The van der Waals surface area contributed by atoms with Crippen LogP contribution in [0.4, 0.5) is 0 Å². The van der Waals surface area contributed by atoms with Gasteiger partial charge < -0.3 is 11.5 Å². The van der Waals surface area contributed by atoms with Gasteiger partial charge in [-0.2, -0.15) is 0 Å². The van der Waals surface area contributed by atoms with Crippen molar-refractivity contribution in [1.29, 1.82) is 0 Å². The van der Waals surface area contributed by atoms with Crippen molar-refractivity contribution in [2.45, 2.75) is 38.6 Å². The zero-order valence-electron chi connectivity index (χ0n) is 11.9. The fraction of sp³-hybridized carbons (Fsp3) is 0.353. The Hall–Kier alpha value is -1.87. The zero-order valence-corrected chi connectivity index (χ0v) is 11.9. The first-order valence-electron chi connectivity index (χ1n) is 7.11. The van der Waals surface area contributed by atoms with Gasteiger partial charge in [-0.05, 0) is 41.7 Å². The molecular formula is C17H22N2O. The van der Waals surface area contributed by atoms with Crippen LogP contribution < -0.4 is 11.5 Å². The lowest BCUT2D eigenvalue weighted by Gasteiger charge is -2.17. The second-order valence-electron chi connectivity index (χ2n) is 5.34. The van der Waals surface area contributed by atoms with E-state index in [0.717, 1.165) is 19.3 Å². The Labute approximate surface area is 120 Å². The normalized spacial score (nSPS) is 12.5. The lowest BCUT2D eigenvalue weighted by atomic mass is 9.92. The van der Waals surface area contributed by atoms with E-state index in [-0.39, 0.29) is 11.9 Å². The van der Waals surface area contributed by atoms with E-state index in [2.05, 4.69) is 31.2 Å². The number of carbonyl (C=O) groups excluding carboxylic acids is 1. The molecule has 20 heavy (non-hydrogen) atoms. The summed E-state index contributed by atoms with van der Waals surface area (Å²) in [4.78, 5) is 10.7. The molecule has 0 saturated heterocycles. The van der Waals surface area contributed by atoms with Crippen molar-refractivity contribution in [1.82, 2.24) is 0 Å². The van der Waals surface area contributed by atoms with Crippen molar-refractivity contribution in [2.24, 2.45) is 11.5 Å². The fourth-order valence-electron chi connectivity index (χ4n) is 2.70. The van der Waals surface area contributed by atoms with Crippen molar-refractivity contribution in [3.63, 3.8) is 0 Å². The number of nitrogens with two attached hydrogens (primary N) is 2. The van der Waals surface area contributed by atoms with Crippen LogP contribution >= 0.6 is 0 Å². The number of rotatable bonds is 6. The number of unbranched alkanes of at least 4 members (excludes halogenated alkanes) is 1. The van der Waals surface area contributed by atoms with Gasteiger partial charge in [0, 0.05) is 12.5 Å². The molecule has 106 valence electrons. The minimum atomic E-state index is -0.236. The molecule has 3 heteroatoms. The lowest BCUT2D eigenvalue weighted by Crippen LogP contribution is -2.13. The summed E-state index contributed by atoms with van der Waals surface area (Å²) in [6.45, 7) is 2.10.